The molecule has 21 heavy (non-hydrogen) atoms. The molecule has 118 valence electrons. The lowest BCUT2D eigenvalue weighted by Crippen LogP contribution is -2.31. The summed E-state index contributed by atoms with van der Waals surface area (Å²) in [6.07, 6.45) is 1.06. The van der Waals surface area contributed by atoms with Gasteiger partial charge in [0.1, 0.15) is 0 Å². The van der Waals surface area contributed by atoms with Crippen molar-refractivity contribution in [1.82, 2.24) is 9.62 Å². The molecule has 1 heterocycles. The zero-order valence-corrected chi connectivity index (χ0v) is 13.3. The zero-order valence-electron chi connectivity index (χ0n) is 12.5. The van der Waals surface area contributed by atoms with Gasteiger partial charge in [0, 0.05) is 13.1 Å². The molecule has 0 spiro atoms. The molecule has 1 unspecified atom stereocenters. The van der Waals surface area contributed by atoms with Crippen molar-refractivity contribution in [2.75, 3.05) is 26.2 Å². The Hall–Kier alpha value is -0.950. The Morgan fingerprint density at radius 3 is 2.52 bits per heavy atom. The summed E-state index contributed by atoms with van der Waals surface area (Å²) in [5.74, 6) is 0.402. The number of likely N-dealkylation sites (tertiary alicyclic amines) is 1. The van der Waals surface area contributed by atoms with Gasteiger partial charge in [0.2, 0.25) is 10.0 Å². The predicted octanol–water partition coefficient (Wildman–Crippen LogP) is 0.940. The molecular formula is C15H24N2O3S. The van der Waals surface area contributed by atoms with Gasteiger partial charge in [-0.05, 0) is 36.6 Å². The average Bonchev–Trinajstić information content (AvgIpc) is 2.94. The van der Waals surface area contributed by atoms with E-state index >= 15 is 0 Å². The highest BCUT2D eigenvalue weighted by atomic mass is 32.2. The van der Waals surface area contributed by atoms with Gasteiger partial charge in [0.05, 0.1) is 12.4 Å². The van der Waals surface area contributed by atoms with Crippen LogP contribution in [-0.4, -0.2) is 44.6 Å². The minimum atomic E-state index is -3.30. The first-order chi connectivity index (χ1) is 10.0. The van der Waals surface area contributed by atoms with E-state index in [2.05, 4.69) is 16.5 Å². The maximum absolute atomic E-state index is 12.1. The number of sulfonamides is 1. The summed E-state index contributed by atoms with van der Waals surface area (Å²) in [7, 11) is -3.30. The Balaban J connectivity index is 1.84. The van der Waals surface area contributed by atoms with Gasteiger partial charge in [-0.15, -0.1) is 0 Å². The second-order valence-electron chi connectivity index (χ2n) is 5.63. The van der Waals surface area contributed by atoms with Gasteiger partial charge < -0.3 is 10.0 Å². The minimum absolute atomic E-state index is 0.0110. The minimum Gasteiger partial charge on any atom is -0.392 e. The van der Waals surface area contributed by atoms with Crippen LogP contribution in [-0.2, 0) is 22.4 Å². The predicted molar refractivity (Wildman–Crippen MR) is 83.2 cm³/mol. The highest BCUT2D eigenvalue weighted by molar-refractivity contribution is 7.88. The maximum atomic E-state index is 12.1. The van der Waals surface area contributed by atoms with Gasteiger partial charge in [-0.25, -0.2) is 13.1 Å². The number of aliphatic hydroxyl groups excluding tert-OH is 1. The molecule has 0 aromatic heterocycles. The third-order valence-electron chi connectivity index (χ3n) is 3.97. The first-order valence-corrected chi connectivity index (χ1v) is 9.06. The van der Waals surface area contributed by atoms with Gasteiger partial charge in [-0.1, -0.05) is 31.2 Å². The molecule has 1 fully saturated rings. The van der Waals surface area contributed by atoms with Crippen LogP contribution >= 0.6 is 0 Å². The number of nitrogens with zero attached hydrogens (tertiary/aromatic N) is 1. The summed E-state index contributed by atoms with van der Waals surface area (Å²) < 4.78 is 26.9. The summed E-state index contributed by atoms with van der Waals surface area (Å²) in [6.45, 7) is 5.69. The van der Waals surface area contributed by atoms with Crippen molar-refractivity contribution < 1.29 is 13.5 Å². The van der Waals surface area contributed by atoms with Crippen molar-refractivity contribution in [2.24, 2.45) is 5.92 Å². The molecule has 0 amide bonds. The highest BCUT2D eigenvalue weighted by Crippen LogP contribution is 2.15. The van der Waals surface area contributed by atoms with Crippen LogP contribution in [0.5, 0.6) is 0 Å². The standard InChI is InChI=1S/C15H24N2O3S/c1-2-17-8-7-15(10-17)9-16-21(19,20)12-14-5-3-13(11-18)4-6-14/h3-6,15-16,18H,2,7-12H2,1H3. The van der Waals surface area contributed by atoms with Crippen molar-refractivity contribution in [3.63, 3.8) is 0 Å². The average molecular weight is 312 g/mol. The fourth-order valence-electron chi connectivity index (χ4n) is 2.62. The lowest BCUT2D eigenvalue weighted by molar-refractivity contribution is 0.282. The fourth-order valence-corrected chi connectivity index (χ4v) is 3.85. The molecule has 0 aliphatic carbocycles. The molecule has 1 aromatic carbocycles. The molecule has 1 atom stereocenters. The Morgan fingerprint density at radius 1 is 1.29 bits per heavy atom. The van der Waals surface area contributed by atoms with E-state index in [9.17, 15) is 8.42 Å². The molecule has 0 saturated carbocycles. The largest absolute Gasteiger partial charge is 0.392 e. The summed E-state index contributed by atoms with van der Waals surface area (Å²) >= 11 is 0. The molecule has 2 rings (SSSR count). The van der Waals surface area contributed by atoms with E-state index in [4.69, 9.17) is 5.11 Å². The van der Waals surface area contributed by atoms with Gasteiger partial charge in [-0.3, -0.25) is 0 Å². The normalized spacial score (nSPS) is 20.0. The van der Waals surface area contributed by atoms with Crippen LogP contribution in [0.15, 0.2) is 24.3 Å². The molecule has 0 bridgehead atoms. The molecule has 1 aliphatic heterocycles. The lowest BCUT2D eigenvalue weighted by Gasteiger charge is -2.14. The van der Waals surface area contributed by atoms with Crippen molar-refractivity contribution in [3.05, 3.63) is 35.4 Å². The van der Waals surface area contributed by atoms with Crippen LogP contribution < -0.4 is 4.72 Å². The van der Waals surface area contributed by atoms with Crippen LogP contribution in [0.3, 0.4) is 0 Å². The summed E-state index contributed by atoms with van der Waals surface area (Å²) in [4.78, 5) is 2.34. The van der Waals surface area contributed by atoms with E-state index < -0.39 is 10.0 Å². The van der Waals surface area contributed by atoms with Gasteiger partial charge in [0.15, 0.2) is 0 Å². The van der Waals surface area contributed by atoms with Crippen LogP contribution in [0.25, 0.3) is 0 Å². The zero-order chi connectivity index (χ0) is 15.3. The number of hydrogen-bond donors (Lipinski definition) is 2. The van der Waals surface area contributed by atoms with E-state index in [1.54, 1.807) is 24.3 Å². The molecule has 2 N–H and O–H groups in total. The molecule has 1 aromatic rings. The second-order valence-corrected chi connectivity index (χ2v) is 7.44. The number of benzene rings is 1. The van der Waals surface area contributed by atoms with Crippen molar-refractivity contribution in [2.45, 2.75) is 25.7 Å². The number of rotatable bonds is 7. The Bertz CT molecular complexity index is 543. The SMILES string of the molecule is CCN1CCC(CNS(=O)(=O)Cc2ccc(CO)cc2)C1. The van der Waals surface area contributed by atoms with E-state index in [-0.39, 0.29) is 12.4 Å². The quantitative estimate of drug-likeness (QED) is 0.786. The van der Waals surface area contributed by atoms with E-state index in [1.807, 2.05) is 0 Å². The summed E-state index contributed by atoms with van der Waals surface area (Å²) in [5, 5.41) is 8.97. The number of aliphatic hydroxyl groups is 1. The molecule has 0 radical (unpaired) electrons. The Labute approximate surface area is 127 Å². The monoisotopic (exact) mass is 312 g/mol. The lowest BCUT2D eigenvalue weighted by atomic mass is 10.1. The second kappa shape index (κ2) is 7.35. The summed E-state index contributed by atoms with van der Waals surface area (Å²) in [5.41, 5.74) is 1.52. The van der Waals surface area contributed by atoms with Crippen LogP contribution in [0.1, 0.15) is 24.5 Å². The Morgan fingerprint density at radius 2 is 1.95 bits per heavy atom. The van der Waals surface area contributed by atoms with E-state index in [1.165, 1.54) is 0 Å². The topological polar surface area (TPSA) is 69.6 Å². The third kappa shape index (κ3) is 5.07. The van der Waals surface area contributed by atoms with Crippen LogP contribution in [0, 0.1) is 5.92 Å². The molecular weight excluding hydrogens is 288 g/mol. The number of nitrogens with one attached hydrogen (secondary N) is 1. The smallest absolute Gasteiger partial charge is 0.215 e. The first kappa shape index (κ1) is 16.4. The van der Waals surface area contributed by atoms with Crippen molar-refractivity contribution >= 4 is 10.0 Å². The van der Waals surface area contributed by atoms with Crippen molar-refractivity contribution in [1.29, 1.82) is 0 Å². The molecule has 6 heteroatoms. The van der Waals surface area contributed by atoms with Gasteiger partial charge in [-0.2, -0.15) is 0 Å². The maximum Gasteiger partial charge on any atom is 0.215 e. The van der Waals surface area contributed by atoms with E-state index in [0.29, 0.717) is 12.5 Å². The molecule has 1 saturated heterocycles. The fraction of sp³-hybridized carbons (Fsp3) is 0.600. The van der Waals surface area contributed by atoms with Crippen LogP contribution in [0.2, 0.25) is 0 Å². The molecule has 5 nitrogen and oxygen atoms in total. The van der Waals surface area contributed by atoms with Gasteiger partial charge in [0.25, 0.3) is 0 Å². The number of hydrogen-bond acceptors (Lipinski definition) is 4. The Kier molecular flexibility index (Phi) is 5.75. The highest BCUT2D eigenvalue weighted by Gasteiger charge is 2.22. The first-order valence-electron chi connectivity index (χ1n) is 7.40. The van der Waals surface area contributed by atoms with E-state index in [0.717, 1.165) is 37.2 Å². The third-order valence-corrected chi connectivity index (χ3v) is 5.29. The molecule has 1 aliphatic rings. The van der Waals surface area contributed by atoms with Crippen molar-refractivity contribution in [3.8, 4) is 0 Å². The van der Waals surface area contributed by atoms with Gasteiger partial charge >= 0.3 is 0 Å². The summed E-state index contributed by atoms with van der Waals surface area (Å²) in [6, 6.07) is 7.00. The van der Waals surface area contributed by atoms with Crippen LogP contribution in [0.4, 0.5) is 0 Å².